The maximum absolute atomic E-state index is 4.52. The van der Waals surface area contributed by atoms with Crippen LogP contribution < -0.4 is 0 Å². The Morgan fingerprint density at radius 2 is 0.854 bits per heavy atom. The minimum absolute atomic E-state index is 1.10. The summed E-state index contributed by atoms with van der Waals surface area (Å²) in [4.78, 5) is 13.4. The standard InChI is InChI=1S/C45H27N3/c1-2-12-32-28(8-1)22-39(31-11-7-19-46-27-31)41-24-43-42(23-40(32)41)44(35-15-5-9-29-25-47-20-17-33(29)35)37-13-3-4-14-38(37)45(43)36-16-6-10-30-26-48-21-18-34(30)36/h1-27H. The van der Waals surface area contributed by atoms with Gasteiger partial charge in [-0.05, 0) is 118 Å². The maximum atomic E-state index is 4.52. The third-order valence-corrected chi connectivity index (χ3v) is 9.88. The third kappa shape index (κ3) is 3.98. The van der Waals surface area contributed by atoms with Gasteiger partial charge in [0.05, 0.1) is 0 Å². The van der Waals surface area contributed by atoms with Crippen molar-refractivity contribution in [1.29, 1.82) is 0 Å². The van der Waals surface area contributed by atoms with Crippen LogP contribution in [0.2, 0.25) is 0 Å². The van der Waals surface area contributed by atoms with Crippen LogP contribution in [0.3, 0.4) is 0 Å². The molecule has 0 saturated carbocycles. The highest BCUT2D eigenvalue weighted by Crippen LogP contribution is 2.49. The van der Waals surface area contributed by atoms with Gasteiger partial charge in [-0.3, -0.25) is 15.0 Å². The van der Waals surface area contributed by atoms with Crippen molar-refractivity contribution >= 4 is 64.6 Å². The molecule has 3 heterocycles. The minimum Gasteiger partial charge on any atom is -0.264 e. The van der Waals surface area contributed by atoms with Crippen molar-refractivity contribution in [3.05, 3.63) is 165 Å². The van der Waals surface area contributed by atoms with Crippen molar-refractivity contribution in [3.63, 3.8) is 0 Å². The number of nitrogens with zero attached hydrogens (tertiary/aromatic N) is 3. The molecule has 3 nitrogen and oxygen atoms in total. The van der Waals surface area contributed by atoms with Gasteiger partial charge < -0.3 is 0 Å². The number of pyridine rings is 3. The molecule has 0 bridgehead atoms. The molecule has 0 aliphatic heterocycles. The highest BCUT2D eigenvalue weighted by Gasteiger charge is 2.21. The van der Waals surface area contributed by atoms with E-state index in [-0.39, 0.29) is 0 Å². The fourth-order valence-corrected chi connectivity index (χ4v) is 7.79. The summed E-state index contributed by atoms with van der Waals surface area (Å²) in [7, 11) is 0. The van der Waals surface area contributed by atoms with Crippen molar-refractivity contribution in [2.75, 3.05) is 0 Å². The molecule has 0 fully saturated rings. The van der Waals surface area contributed by atoms with Crippen LogP contribution in [0, 0.1) is 0 Å². The SMILES string of the molecule is c1cncc(-c2cc3ccccc3c3cc4c(-c5cccc6cnccc56)c5ccccc5c(-c5cccc6cnccc56)c4cc23)c1. The van der Waals surface area contributed by atoms with E-state index in [2.05, 4.69) is 136 Å². The summed E-state index contributed by atoms with van der Waals surface area (Å²) in [5.74, 6) is 0. The molecule has 3 heteroatoms. The summed E-state index contributed by atoms with van der Waals surface area (Å²) in [6.45, 7) is 0. The number of hydrogen-bond donors (Lipinski definition) is 0. The number of benzene rings is 7. The van der Waals surface area contributed by atoms with Crippen molar-refractivity contribution in [1.82, 2.24) is 15.0 Å². The normalized spacial score (nSPS) is 11.8. The fourth-order valence-electron chi connectivity index (χ4n) is 7.79. The van der Waals surface area contributed by atoms with Gasteiger partial charge in [-0.2, -0.15) is 0 Å². The Labute approximate surface area is 276 Å². The van der Waals surface area contributed by atoms with Crippen LogP contribution in [0.25, 0.3) is 98.0 Å². The zero-order valence-corrected chi connectivity index (χ0v) is 25.9. The van der Waals surface area contributed by atoms with E-state index in [9.17, 15) is 0 Å². The second-order valence-corrected chi connectivity index (χ2v) is 12.4. The van der Waals surface area contributed by atoms with Gasteiger partial charge in [0, 0.05) is 53.5 Å². The van der Waals surface area contributed by atoms with Crippen molar-refractivity contribution in [3.8, 4) is 33.4 Å². The molecule has 48 heavy (non-hydrogen) atoms. The van der Waals surface area contributed by atoms with Crippen molar-refractivity contribution in [2.24, 2.45) is 0 Å². The first-order chi connectivity index (χ1) is 23.8. The molecular weight excluding hydrogens is 583 g/mol. The van der Waals surface area contributed by atoms with Gasteiger partial charge >= 0.3 is 0 Å². The molecule has 0 atom stereocenters. The van der Waals surface area contributed by atoms with E-state index in [4.69, 9.17) is 0 Å². The minimum atomic E-state index is 1.10. The van der Waals surface area contributed by atoms with Crippen LogP contribution >= 0.6 is 0 Å². The quantitative estimate of drug-likeness (QED) is 0.148. The number of aromatic nitrogens is 3. The van der Waals surface area contributed by atoms with Crippen LogP contribution in [0.1, 0.15) is 0 Å². The Morgan fingerprint density at radius 3 is 1.48 bits per heavy atom. The molecule has 10 aromatic rings. The van der Waals surface area contributed by atoms with Crippen LogP contribution in [0.5, 0.6) is 0 Å². The first-order valence-electron chi connectivity index (χ1n) is 16.2. The molecule has 0 radical (unpaired) electrons. The smallest absolute Gasteiger partial charge is 0.0346 e. The Bertz CT molecular complexity index is 2880. The molecule has 3 aromatic heterocycles. The molecular formula is C45H27N3. The van der Waals surface area contributed by atoms with E-state index in [0.29, 0.717) is 0 Å². The van der Waals surface area contributed by atoms with Gasteiger partial charge in [-0.15, -0.1) is 0 Å². The highest BCUT2D eigenvalue weighted by molar-refractivity contribution is 6.29. The van der Waals surface area contributed by atoms with Crippen LogP contribution in [0.4, 0.5) is 0 Å². The Balaban J connectivity index is 1.48. The molecule has 7 aromatic carbocycles. The van der Waals surface area contributed by atoms with Crippen LogP contribution in [-0.4, -0.2) is 15.0 Å². The summed E-state index contributed by atoms with van der Waals surface area (Å²) < 4.78 is 0. The molecule has 0 spiro atoms. The van der Waals surface area contributed by atoms with E-state index in [1.807, 2.05) is 43.2 Å². The second kappa shape index (κ2) is 10.5. The number of hydrogen-bond acceptors (Lipinski definition) is 3. The first kappa shape index (κ1) is 26.7. The monoisotopic (exact) mass is 609 g/mol. The average molecular weight is 610 g/mol. The highest BCUT2D eigenvalue weighted by atomic mass is 14.6. The van der Waals surface area contributed by atoms with Crippen molar-refractivity contribution in [2.45, 2.75) is 0 Å². The molecule has 0 saturated heterocycles. The molecule has 0 aliphatic rings. The van der Waals surface area contributed by atoms with E-state index >= 15 is 0 Å². The molecule has 0 unspecified atom stereocenters. The predicted octanol–water partition coefficient (Wildman–Crippen LogP) is 11.8. The summed E-state index contributed by atoms with van der Waals surface area (Å²) in [5.41, 5.74) is 7.16. The van der Waals surface area contributed by atoms with Gasteiger partial charge in [0.25, 0.3) is 0 Å². The lowest BCUT2D eigenvalue weighted by Gasteiger charge is -2.21. The zero-order valence-electron chi connectivity index (χ0n) is 25.9. The first-order valence-corrected chi connectivity index (χ1v) is 16.2. The molecule has 222 valence electrons. The fraction of sp³-hybridized carbons (Fsp3) is 0. The van der Waals surface area contributed by atoms with Gasteiger partial charge in [-0.1, -0.05) is 91.0 Å². The van der Waals surface area contributed by atoms with Gasteiger partial charge in [-0.25, -0.2) is 0 Å². The van der Waals surface area contributed by atoms with E-state index in [1.165, 1.54) is 81.7 Å². The second-order valence-electron chi connectivity index (χ2n) is 12.4. The summed E-state index contributed by atoms with van der Waals surface area (Å²) >= 11 is 0. The predicted molar refractivity (Wildman–Crippen MR) is 201 cm³/mol. The van der Waals surface area contributed by atoms with E-state index in [0.717, 1.165) is 16.3 Å². The third-order valence-electron chi connectivity index (χ3n) is 9.88. The van der Waals surface area contributed by atoms with E-state index in [1.54, 1.807) is 0 Å². The van der Waals surface area contributed by atoms with Gasteiger partial charge in [0.15, 0.2) is 0 Å². The zero-order chi connectivity index (χ0) is 31.6. The Morgan fingerprint density at radius 1 is 0.292 bits per heavy atom. The summed E-state index contributed by atoms with van der Waals surface area (Å²) in [5, 5.41) is 14.4. The molecule has 0 aliphatic carbocycles. The largest absolute Gasteiger partial charge is 0.264 e. The van der Waals surface area contributed by atoms with Crippen LogP contribution in [0.15, 0.2) is 165 Å². The maximum Gasteiger partial charge on any atom is 0.0346 e. The summed E-state index contributed by atoms with van der Waals surface area (Å²) in [6, 6.07) is 46.5. The topological polar surface area (TPSA) is 38.7 Å². The molecule has 10 rings (SSSR count). The van der Waals surface area contributed by atoms with Crippen LogP contribution in [-0.2, 0) is 0 Å². The van der Waals surface area contributed by atoms with Gasteiger partial charge in [0.2, 0.25) is 0 Å². The Kier molecular flexibility index (Phi) is 5.87. The van der Waals surface area contributed by atoms with Gasteiger partial charge in [0.1, 0.15) is 0 Å². The average Bonchev–Trinajstić information content (AvgIpc) is 3.16. The summed E-state index contributed by atoms with van der Waals surface area (Å²) in [6.07, 6.45) is 11.5. The van der Waals surface area contributed by atoms with E-state index < -0.39 is 0 Å². The Hall–Kier alpha value is -6.45. The molecule has 0 amide bonds. The lowest BCUT2D eigenvalue weighted by atomic mass is 9.82. The van der Waals surface area contributed by atoms with Crippen molar-refractivity contribution < 1.29 is 0 Å². The number of fused-ring (bicyclic) bond motifs is 7. The molecule has 0 N–H and O–H groups in total. The number of rotatable bonds is 3. The lowest BCUT2D eigenvalue weighted by Crippen LogP contribution is -1.94. The lowest BCUT2D eigenvalue weighted by molar-refractivity contribution is 1.33.